The molecule has 4 atom stereocenters. The van der Waals surface area contributed by atoms with Gasteiger partial charge in [-0.1, -0.05) is 26.8 Å². The van der Waals surface area contributed by atoms with Crippen molar-refractivity contribution in [1.82, 2.24) is 10.6 Å². The van der Waals surface area contributed by atoms with Crippen LogP contribution in [0.15, 0.2) is 12.7 Å². The van der Waals surface area contributed by atoms with Crippen molar-refractivity contribution in [3.05, 3.63) is 12.7 Å². The maximum Gasteiger partial charge on any atom is 0.315 e. The van der Waals surface area contributed by atoms with E-state index in [2.05, 4.69) is 17.2 Å². The van der Waals surface area contributed by atoms with E-state index in [0.717, 1.165) is 6.42 Å². The van der Waals surface area contributed by atoms with Crippen LogP contribution in [-0.2, 0) is 4.79 Å². The highest BCUT2D eigenvalue weighted by atomic mass is 16.4. The first kappa shape index (κ1) is 17.5. The monoisotopic (exact) mass is 296 g/mol. The van der Waals surface area contributed by atoms with Gasteiger partial charge in [-0.3, -0.25) is 4.79 Å². The van der Waals surface area contributed by atoms with Crippen molar-refractivity contribution in [3.63, 3.8) is 0 Å². The van der Waals surface area contributed by atoms with Gasteiger partial charge in [-0.15, -0.1) is 6.58 Å². The zero-order valence-corrected chi connectivity index (χ0v) is 13.5. The Bertz CT molecular complexity index is 406. The largest absolute Gasteiger partial charge is 0.481 e. The standard InChI is InChI=1S/C16H28N2O3/c1-6-7-10(2)17-15(21)18-13-9-8-12(14(19)20)16(4,5)11(13)3/h6,10-13H,1,7-9H2,2-5H3,(H,19,20)(H2,17,18,21). The summed E-state index contributed by atoms with van der Waals surface area (Å²) in [5.74, 6) is -0.990. The Morgan fingerprint density at radius 1 is 1.43 bits per heavy atom. The zero-order chi connectivity index (χ0) is 16.2. The summed E-state index contributed by atoms with van der Waals surface area (Å²) in [5.41, 5.74) is -0.339. The Labute approximate surface area is 127 Å². The van der Waals surface area contributed by atoms with E-state index < -0.39 is 5.97 Å². The summed E-state index contributed by atoms with van der Waals surface area (Å²) in [6, 6.07) is -0.140. The van der Waals surface area contributed by atoms with Crippen LogP contribution in [0.1, 0.15) is 47.0 Å². The summed E-state index contributed by atoms with van der Waals surface area (Å²) in [4.78, 5) is 23.3. The Morgan fingerprint density at radius 3 is 2.57 bits per heavy atom. The van der Waals surface area contributed by atoms with Gasteiger partial charge in [-0.25, -0.2) is 4.79 Å². The average molecular weight is 296 g/mol. The Kier molecular flexibility index (Phi) is 5.81. The topological polar surface area (TPSA) is 78.4 Å². The number of carbonyl (C=O) groups excluding carboxylic acids is 1. The van der Waals surface area contributed by atoms with Gasteiger partial charge in [-0.2, -0.15) is 0 Å². The van der Waals surface area contributed by atoms with E-state index in [9.17, 15) is 14.7 Å². The molecule has 5 nitrogen and oxygen atoms in total. The van der Waals surface area contributed by atoms with Gasteiger partial charge in [0.25, 0.3) is 0 Å². The molecule has 0 bridgehead atoms. The molecule has 120 valence electrons. The second kappa shape index (κ2) is 6.96. The molecular formula is C16H28N2O3. The van der Waals surface area contributed by atoms with Gasteiger partial charge < -0.3 is 15.7 Å². The van der Waals surface area contributed by atoms with Gasteiger partial charge in [0.2, 0.25) is 0 Å². The number of amides is 2. The minimum atomic E-state index is -0.741. The summed E-state index contributed by atoms with van der Waals surface area (Å²) < 4.78 is 0. The van der Waals surface area contributed by atoms with Crippen LogP contribution >= 0.6 is 0 Å². The molecule has 0 aromatic rings. The fourth-order valence-electron chi connectivity index (χ4n) is 3.19. The number of rotatable bonds is 5. The molecule has 0 radical (unpaired) electrons. The normalized spacial score (nSPS) is 29.2. The maximum absolute atomic E-state index is 12.0. The highest BCUT2D eigenvalue weighted by molar-refractivity contribution is 5.75. The first-order valence-corrected chi connectivity index (χ1v) is 7.60. The zero-order valence-electron chi connectivity index (χ0n) is 13.5. The Balaban J connectivity index is 2.64. The van der Waals surface area contributed by atoms with Gasteiger partial charge in [0.1, 0.15) is 0 Å². The molecule has 0 aromatic heterocycles. The summed E-state index contributed by atoms with van der Waals surface area (Å²) in [5, 5.41) is 15.2. The van der Waals surface area contributed by atoms with Gasteiger partial charge in [0, 0.05) is 12.1 Å². The Hall–Kier alpha value is -1.52. The third-order valence-electron chi connectivity index (χ3n) is 4.95. The molecule has 1 rings (SSSR count). The average Bonchev–Trinajstić information content (AvgIpc) is 2.34. The number of urea groups is 1. The molecule has 3 N–H and O–H groups in total. The number of carboxylic acids is 1. The lowest BCUT2D eigenvalue weighted by molar-refractivity contribution is -0.150. The van der Waals surface area contributed by atoms with Crippen LogP contribution in [0.2, 0.25) is 0 Å². The molecular weight excluding hydrogens is 268 g/mol. The summed E-state index contributed by atoms with van der Waals surface area (Å²) >= 11 is 0. The first-order valence-electron chi connectivity index (χ1n) is 7.60. The first-order chi connectivity index (χ1) is 9.70. The van der Waals surface area contributed by atoms with Crippen LogP contribution in [0, 0.1) is 17.3 Å². The van der Waals surface area contributed by atoms with Crippen LogP contribution in [-0.4, -0.2) is 29.2 Å². The predicted octanol–water partition coefficient (Wildman–Crippen LogP) is 2.78. The number of aliphatic carboxylic acids is 1. The number of nitrogens with one attached hydrogen (secondary N) is 2. The Morgan fingerprint density at radius 2 is 2.05 bits per heavy atom. The minimum absolute atomic E-state index is 0.00605. The number of hydrogen-bond acceptors (Lipinski definition) is 2. The van der Waals surface area contributed by atoms with E-state index in [1.54, 1.807) is 6.08 Å². The lowest BCUT2D eigenvalue weighted by atomic mass is 9.61. The molecule has 21 heavy (non-hydrogen) atoms. The van der Waals surface area contributed by atoms with Gasteiger partial charge in [-0.05, 0) is 37.5 Å². The fourth-order valence-corrected chi connectivity index (χ4v) is 3.19. The summed E-state index contributed by atoms with van der Waals surface area (Å²) in [6.45, 7) is 11.5. The van der Waals surface area contributed by atoms with Crippen LogP contribution in [0.3, 0.4) is 0 Å². The quantitative estimate of drug-likeness (QED) is 0.683. The molecule has 1 aliphatic carbocycles. The van der Waals surface area contributed by atoms with E-state index >= 15 is 0 Å². The van der Waals surface area contributed by atoms with Crippen molar-refractivity contribution in [3.8, 4) is 0 Å². The van der Waals surface area contributed by atoms with E-state index in [-0.39, 0.29) is 35.4 Å². The molecule has 2 amide bonds. The van der Waals surface area contributed by atoms with Crippen LogP contribution in [0.4, 0.5) is 4.79 Å². The van der Waals surface area contributed by atoms with Crippen LogP contribution < -0.4 is 10.6 Å². The molecule has 1 saturated carbocycles. The number of carbonyl (C=O) groups is 2. The van der Waals surface area contributed by atoms with E-state index in [0.29, 0.717) is 12.8 Å². The van der Waals surface area contributed by atoms with Gasteiger partial charge in [0.05, 0.1) is 5.92 Å². The van der Waals surface area contributed by atoms with E-state index in [4.69, 9.17) is 0 Å². The van der Waals surface area contributed by atoms with Crippen LogP contribution in [0.25, 0.3) is 0 Å². The van der Waals surface area contributed by atoms with E-state index in [1.807, 2.05) is 27.7 Å². The van der Waals surface area contributed by atoms with Crippen molar-refractivity contribution >= 4 is 12.0 Å². The molecule has 4 unspecified atom stereocenters. The number of hydrogen-bond donors (Lipinski definition) is 3. The SMILES string of the molecule is C=CCC(C)NC(=O)NC1CCC(C(=O)O)C(C)(C)C1C. The third-order valence-corrected chi connectivity index (χ3v) is 4.95. The minimum Gasteiger partial charge on any atom is -0.481 e. The summed E-state index contributed by atoms with van der Waals surface area (Å²) in [6.07, 6.45) is 3.79. The second-order valence-electron chi connectivity index (χ2n) is 6.73. The van der Waals surface area contributed by atoms with Crippen LogP contribution in [0.5, 0.6) is 0 Å². The van der Waals surface area contributed by atoms with Crippen molar-refractivity contribution in [2.75, 3.05) is 0 Å². The molecule has 0 spiro atoms. The molecule has 0 heterocycles. The second-order valence-corrected chi connectivity index (χ2v) is 6.73. The van der Waals surface area contributed by atoms with Crippen molar-refractivity contribution in [1.29, 1.82) is 0 Å². The lowest BCUT2D eigenvalue weighted by Crippen LogP contribution is -2.55. The highest BCUT2D eigenvalue weighted by Crippen LogP contribution is 2.45. The van der Waals surface area contributed by atoms with Gasteiger partial charge >= 0.3 is 12.0 Å². The van der Waals surface area contributed by atoms with Gasteiger partial charge in [0.15, 0.2) is 0 Å². The predicted molar refractivity (Wildman–Crippen MR) is 83.0 cm³/mol. The smallest absolute Gasteiger partial charge is 0.315 e. The third kappa shape index (κ3) is 4.22. The molecule has 1 fully saturated rings. The van der Waals surface area contributed by atoms with Crippen molar-refractivity contribution in [2.45, 2.75) is 59.0 Å². The summed E-state index contributed by atoms with van der Waals surface area (Å²) in [7, 11) is 0. The molecule has 1 aliphatic rings. The molecule has 5 heteroatoms. The fraction of sp³-hybridized carbons (Fsp3) is 0.750. The lowest BCUT2D eigenvalue weighted by Gasteiger charge is -2.46. The van der Waals surface area contributed by atoms with E-state index in [1.165, 1.54) is 0 Å². The highest BCUT2D eigenvalue weighted by Gasteiger charge is 2.46. The molecule has 0 saturated heterocycles. The number of carboxylic acid groups (broad SMARTS) is 1. The maximum atomic E-state index is 12.0. The molecule has 0 aromatic carbocycles. The van der Waals surface area contributed by atoms with Crippen molar-refractivity contribution in [2.24, 2.45) is 17.3 Å². The van der Waals surface area contributed by atoms with Crippen molar-refractivity contribution < 1.29 is 14.7 Å². The molecule has 0 aliphatic heterocycles.